The molecular formula is C12H18N2OS. The number of nitrogens with one attached hydrogen (secondary N) is 1. The fraction of sp³-hybridized carbons (Fsp3) is 0.667. The highest BCUT2D eigenvalue weighted by Crippen LogP contribution is 2.15. The number of hydrogen-bond donors (Lipinski definition) is 1. The standard InChI is InChI=1S/C12H18N2OS/c1-2-3-4-8-14-11(15)9-6-5-7-10(9)13-12(14)16/h2-8H2,1H3,(H,13,16). The van der Waals surface area contributed by atoms with Gasteiger partial charge >= 0.3 is 0 Å². The average molecular weight is 238 g/mol. The fourth-order valence-corrected chi connectivity index (χ4v) is 2.59. The van der Waals surface area contributed by atoms with Crippen molar-refractivity contribution in [2.75, 3.05) is 0 Å². The van der Waals surface area contributed by atoms with Gasteiger partial charge in [0, 0.05) is 17.8 Å². The maximum Gasteiger partial charge on any atom is 0.257 e. The number of aromatic amines is 1. The van der Waals surface area contributed by atoms with Gasteiger partial charge in [0.15, 0.2) is 4.77 Å². The SMILES string of the molecule is CCCCCn1c(=S)[nH]c2c(c1=O)CCC2. The summed E-state index contributed by atoms with van der Waals surface area (Å²) in [5.74, 6) is 0. The van der Waals surface area contributed by atoms with Crippen LogP contribution < -0.4 is 5.56 Å². The van der Waals surface area contributed by atoms with Crippen LogP contribution in [0.3, 0.4) is 0 Å². The van der Waals surface area contributed by atoms with Crippen LogP contribution in [0.25, 0.3) is 0 Å². The number of fused-ring (bicyclic) bond motifs is 1. The molecule has 0 aromatic carbocycles. The summed E-state index contributed by atoms with van der Waals surface area (Å²) in [6.07, 6.45) is 6.31. The predicted molar refractivity (Wildman–Crippen MR) is 67.4 cm³/mol. The molecule has 0 radical (unpaired) electrons. The van der Waals surface area contributed by atoms with E-state index < -0.39 is 0 Å². The molecule has 0 unspecified atom stereocenters. The molecule has 0 spiro atoms. The highest BCUT2D eigenvalue weighted by Gasteiger charge is 2.17. The smallest absolute Gasteiger partial charge is 0.257 e. The lowest BCUT2D eigenvalue weighted by atomic mass is 10.2. The number of rotatable bonds is 4. The molecule has 0 saturated carbocycles. The van der Waals surface area contributed by atoms with Crippen molar-refractivity contribution >= 4 is 12.2 Å². The zero-order valence-corrected chi connectivity index (χ0v) is 10.5. The first-order chi connectivity index (χ1) is 7.74. The Hall–Kier alpha value is -0.900. The maximum absolute atomic E-state index is 12.2. The van der Waals surface area contributed by atoms with Gasteiger partial charge in [0.1, 0.15) is 0 Å². The zero-order chi connectivity index (χ0) is 11.5. The molecule has 1 aliphatic carbocycles. The van der Waals surface area contributed by atoms with Crippen molar-refractivity contribution in [3.05, 3.63) is 26.4 Å². The highest BCUT2D eigenvalue weighted by molar-refractivity contribution is 7.71. The van der Waals surface area contributed by atoms with Crippen LogP contribution in [0.2, 0.25) is 0 Å². The summed E-state index contributed by atoms with van der Waals surface area (Å²) in [6, 6.07) is 0. The summed E-state index contributed by atoms with van der Waals surface area (Å²) in [4.78, 5) is 15.4. The minimum absolute atomic E-state index is 0.146. The molecule has 1 N–H and O–H groups in total. The van der Waals surface area contributed by atoms with E-state index in [2.05, 4.69) is 11.9 Å². The largest absolute Gasteiger partial charge is 0.335 e. The van der Waals surface area contributed by atoms with E-state index in [0.717, 1.165) is 56.3 Å². The van der Waals surface area contributed by atoms with Gasteiger partial charge in [-0.2, -0.15) is 0 Å². The summed E-state index contributed by atoms with van der Waals surface area (Å²) in [7, 11) is 0. The molecule has 0 aliphatic heterocycles. The van der Waals surface area contributed by atoms with Crippen molar-refractivity contribution in [2.24, 2.45) is 0 Å². The number of aryl methyl sites for hydroxylation is 1. The summed E-state index contributed by atoms with van der Waals surface area (Å²) in [6.45, 7) is 2.92. The summed E-state index contributed by atoms with van der Waals surface area (Å²) in [5.41, 5.74) is 2.18. The lowest BCUT2D eigenvalue weighted by Gasteiger charge is -2.08. The molecular weight excluding hydrogens is 220 g/mol. The number of hydrogen-bond acceptors (Lipinski definition) is 2. The molecule has 4 heteroatoms. The van der Waals surface area contributed by atoms with Gasteiger partial charge in [-0.3, -0.25) is 9.36 Å². The van der Waals surface area contributed by atoms with E-state index in [0.29, 0.717) is 4.77 Å². The lowest BCUT2D eigenvalue weighted by molar-refractivity contribution is 0.569. The van der Waals surface area contributed by atoms with E-state index in [9.17, 15) is 4.79 Å². The molecule has 0 fully saturated rings. The van der Waals surface area contributed by atoms with Gasteiger partial charge in [-0.15, -0.1) is 0 Å². The second-order valence-electron chi connectivity index (χ2n) is 4.40. The second-order valence-corrected chi connectivity index (χ2v) is 4.79. The van der Waals surface area contributed by atoms with E-state index >= 15 is 0 Å². The van der Waals surface area contributed by atoms with Crippen LogP contribution in [0.5, 0.6) is 0 Å². The zero-order valence-electron chi connectivity index (χ0n) is 9.71. The van der Waals surface area contributed by atoms with Crippen LogP contribution >= 0.6 is 12.2 Å². The van der Waals surface area contributed by atoms with Gasteiger partial charge < -0.3 is 4.98 Å². The van der Waals surface area contributed by atoms with E-state index in [-0.39, 0.29) is 5.56 Å². The molecule has 0 bridgehead atoms. The number of nitrogens with zero attached hydrogens (tertiary/aromatic N) is 1. The van der Waals surface area contributed by atoms with Crippen LogP contribution in [-0.2, 0) is 19.4 Å². The van der Waals surface area contributed by atoms with Gasteiger partial charge in [0.2, 0.25) is 0 Å². The molecule has 1 aromatic rings. The Morgan fingerprint density at radius 2 is 2.19 bits per heavy atom. The first-order valence-corrected chi connectivity index (χ1v) is 6.49. The second kappa shape index (κ2) is 4.95. The quantitative estimate of drug-likeness (QED) is 0.646. The van der Waals surface area contributed by atoms with Gasteiger partial charge in [-0.1, -0.05) is 19.8 Å². The normalized spacial score (nSPS) is 14.1. The number of H-pyrrole nitrogens is 1. The Morgan fingerprint density at radius 1 is 1.38 bits per heavy atom. The molecule has 2 rings (SSSR count). The first-order valence-electron chi connectivity index (χ1n) is 6.09. The molecule has 3 nitrogen and oxygen atoms in total. The van der Waals surface area contributed by atoms with Crippen LogP contribution in [-0.4, -0.2) is 9.55 Å². The van der Waals surface area contributed by atoms with Crippen molar-refractivity contribution in [1.82, 2.24) is 9.55 Å². The molecule has 88 valence electrons. The van der Waals surface area contributed by atoms with Crippen molar-refractivity contribution in [3.63, 3.8) is 0 Å². The fourth-order valence-electron chi connectivity index (χ4n) is 2.29. The van der Waals surface area contributed by atoms with Crippen molar-refractivity contribution in [3.8, 4) is 0 Å². The summed E-state index contributed by atoms with van der Waals surface area (Å²) in [5, 5.41) is 0. The Bertz CT molecular complexity index is 487. The monoisotopic (exact) mass is 238 g/mol. The van der Waals surface area contributed by atoms with Gasteiger partial charge in [0.25, 0.3) is 5.56 Å². The Labute approximate surface area is 101 Å². The topological polar surface area (TPSA) is 37.8 Å². The minimum Gasteiger partial charge on any atom is -0.335 e. The van der Waals surface area contributed by atoms with Gasteiger partial charge in [-0.25, -0.2) is 0 Å². The van der Waals surface area contributed by atoms with Gasteiger partial charge in [0.05, 0.1) is 0 Å². The number of aromatic nitrogens is 2. The van der Waals surface area contributed by atoms with E-state index in [4.69, 9.17) is 12.2 Å². The molecule has 0 saturated heterocycles. The Balaban J connectivity index is 2.32. The van der Waals surface area contributed by atoms with E-state index in [1.54, 1.807) is 4.57 Å². The van der Waals surface area contributed by atoms with Crippen LogP contribution in [0.4, 0.5) is 0 Å². The van der Waals surface area contributed by atoms with Crippen LogP contribution in [0, 0.1) is 4.77 Å². The van der Waals surface area contributed by atoms with Crippen LogP contribution in [0.15, 0.2) is 4.79 Å². The molecule has 16 heavy (non-hydrogen) atoms. The highest BCUT2D eigenvalue weighted by atomic mass is 32.1. The van der Waals surface area contributed by atoms with Crippen molar-refractivity contribution in [2.45, 2.75) is 52.0 Å². The maximum atomic E-state index is 12.2. The molecule has 1 aliphatic rings. The first kappa shape index (κ1) is 11.6. The third-order valence-electron chi connectivity index (χ3n) is 3.21. The van der Waals surface area contributed by atoms with Gasteiger partial charge in [-0.05, 0) is 37.9 Å². The summed E-state index contributed by atoms with van der Waals surface area (Å²) < 4.78 is 2.33. The van der Waals surface area contributed by atoms with Crippen molar-refractivity contribution < 1.29 is 0 Å². The third kappa shape index (κ3) is 2.12. The molecule has 0 atom stereocenters. The van der Waals surface area contributed by atoms with Crippen molar-refractivity contribution in [1.29, 1.82) is 0 Å². The lowest BCUT2D eigenvalue weighted by Crippen LogP contribution is -2.25. The molecule has 1 aromatic heterocycles. The molecule has 1 heterocycles. The number of unbranched alkanes of at least 4 members (excludes halogenated alkanes) is 2. The average Bonchev–Trinajstić information content (AvgIpc) is 2.71. The predicted octanol–water partition coefficient (Wildman–Crippen LogP) is 2.58. The van der Waals surface area contributed by atoms with E-state index in [1.807, 2.05) is 0 Å². The third-order valence-corrected chi connectivity index (χ3v) is 3.53. The molecule has 0 amide bonds. The Morgan fingerprint density at radius 3 is 2.94 bits per heavy atom. The van der Waals surface area contributed by atoms with E-state index in [1.165, 1.54) is 0 Å². The summed E-state index contributed by atoms with van der Waals surface area (Å²) >= 11 is 5.24. The Kier molecular flexibility index (Phi) is 3.59. The minimum atomic E-state index is 0.146. The van der Waals surface area contributed by atoms with Crippen LogP contribution in [0.1, 0.15) is 43.9 Å².